The van der Waals surface area contributed by atoms with Crippen molar-refractivity contribution >= 4 is 17.5 Å². The van der Waals surface area contributed by atoms with Crippen LogP contribution in [0.3, 0.4) is 0 Å². The lowest BCUT2D eigenvalue weighted by Gasteiger charge is -2.49. The third-order valence-electron chi connectivity index (χ3n) is 5.99. The third-order valence-corrected chi connectivity index (χ3v) is 6.34. The average Bonchev–Trinajstić information content (AvgIpc) is 2.69. The van der Waals surface area contributed by atoms with E-state index in [1.807, 2.05) is 4.90 Å². The van der Waals surface area contributed by atoms with Crippen LogP contribution in [0.25, 0.3) is 0 Å². The van der Waals surface area contributed by atoms with Crippen LogP contribution in [0.5, 0.6) is 0 Å². The third kappa shape index (κ3) is 4.17. The molecule has 0 saturated carbocycles. The molecule has 6 nitrogen and oxygen atoms in total. The number of hydrogen-bond acceptors (Lipinski definition) is 5. The zero-order valence-electron chi connectivity index (χ0n) is 17.0. The second kappa shape index (κ2) is 7.78. The zero-order chi connectivity index (χ0) is 22.4. The number of nitrogens with zero attached hydrogens (tertiary/aromatic N) is 2. The summed E-state index contributed by atoms with van der Waals surface area (Å²) in [6.45, 7) is 2.64. The molecule has 9 heteroatoms. The van der Waals surface area contributed by atoms with Gasteiger partial charge in [0.05, 0.1) is 11.3 Å². The molecule has 2 unspecified atom stereocenters. The lowest BCUT2D eigenvalue weighted by molar-refractivity contribution is -0.142. The van der Waals surface area contributed by atoms with Crippen molar-refractivity contribution in [2.45, 2.75) is 43.2 Å². The van der Waals surface area contributed by atoms with Crippen LogP contribution in [-0.2, 0) is 22.6 Å². The number of pyridine rings is 1. The molecule has 3 N–H and O–H groups in total. The van der Waals surface area contributed by atoms with Crippen molar-refractivity contribution in [3.8, 4) is 0 Å². The van der Waals surface area contributed by atoms with E-state index in [0.717, 1.165) is 6.07 Å². The van der Waals surface area contributed by atoms with E-state index < -0.39 is 28.6 Å². The highest BCUT2D eigenvalue weighted by Crippen LogP contribution is 2.46. The number of carbonyl (C=O) groups is 1. The van der Waals surface area contributed by atoms with E-state index in [-0.39, 0.29) is 42.2 Å². The molecular formula is C22H24ClF2N3O3. The predicted molar refractivity (Wildman–Crippen MR) is 110 cm³/mol. The minimum Gasteiger partial charge on any atom is -0.388 e. The second-order valence-electron chi connectivity index (χ2n) is 8.79. The molecule has 0 spiro atoms. The van der Waals surface area contributed by atoms with Gasteiger partial charge < -0.3 is 15.5 Å². The largest absolute Gasteiger partial charge is 0.388 e. The number of fused-ring (bicyclic) bond motifs is 1. The molecule has 2 atom stereocenters. The topological polar surface area (TPSA) is 85.7 Å². The fraction of sp³-hybridized carbons (Fsp3) is 0.455. The summed E-state index contributed by atoms with van der Waals surface area (Å²) >= 11 is 5.99. The first-order valence-electron chi connectivity index (χ1n) is 10.1. The van der Waals surface area contributed by atoms with Gasteiger partial charge >= 0.3 is 0 Å². The Morgan fingerprint density at radius 1 is 1.29 bits per heavy atom. The van der Waals surface area contributed by atoms with E-state index in [1.165, 1.54) is 30.5 Å². The van der Waals surface area contributed by atoms with Crippen LogP contribution in [0.1, 0.15) is 36.6 Å². The van der Waals surface area contributed by atoms with Gasteiger partial charge in [0, 0.05) is 43.0 Å². The lowest BCUT2D eigenvalue weighted by Crippen LogP contribution is -2.63. The fourth-order valence-corrected chi connectivity index (χ4v) is 4.73. The number of likely N-dealkylation sites (tertiary alicyclic amines) is 1. The molecule has 2 aromatic rings. The van der Waals surface area contributed by atoms with Crippen molar-refractivity contribution < 1.29 is 23.8 Å². The summed E-state index contributed by atoms with van der Waals surface area (Å²) in [5.74, 6) is -1.37. The minimum atomic E-state index is -2.37. The Bertz CT molecular complexity index is 1010. The molecule has 1 aromatic heterocycles. The van der Waals surface area contributed by atoms with Crippen molar-refractivity contribution in [3.63, 3.8) is 0 Å². The van der Waals surface area contributed by atoms with E-state index in [1.54, 1.807) is 6.92 Å². The summed E-state index contributed by atoms with van der Waals surface area (Å²) in [5, 5.41) is 23.9. The molecule has 4 rings (SSSR count). The molecule has 1 aliphatic heterocycles. The Morgan fingerprint density at radius 2 is 2.03 bits per heavy atom. The highest BCUT2D eigenvalue weighted by atomic mass is 35.5. The number of nitrogens with one attached hydrogen (secondary N) is 1. The maximum Gasteiger partial charge on any atom is 0.262 e. The van der Waals surface area contributed by atoms with E-state index in [4.69, 9.17) is 11.6 Å². The molecule has 166 valence electrons. The van der Waals surface area contributed by atoms with Crippen LogP contribution in [0.15, 0.2) is 36.5 Å². The van der Waals surface area contributed by atoms with Gasteiger partial charge in [0.1, 0.15) is 11.4 Å². The van der Waals surface area contributed by atoms with E-state index in [0.29, 0.717) is 18.7 Å². The number of hydrogen-bond donors (Lipinski definition) is 3. The molecule has 0 radical (unpaired) electrons. The number of rotatable bonds is 5. The lowest BCUT2D eigenvalue weighted by atomic mass is 9.73. The molecule has 1 amide bonds. The Balaban J connectivity index is 1.54. The van der Waals surface area contributed by atoms with Crippen LogP contribution >= 0.6 is 11.6 Å². The van der Waals surface area contributed by atoms with Crippen LogP contribution in [0.2, 0.25) is 5.02 Å². The normalized spacial score (nSPS) is 27.3. The SMILES string of the molecule is CC1(O)CN(CC2(O)CCC(F)(C(=O)NCc3ccc(F)cc3Cl)c3cccnc32)C1. The zero-order valence-corrected chi connectivity index (χ0v) is 17.8. The Kier molecular flexibility index (Phi) is 5.54. The van der Waals surface area contributed by atoms with Gasteiger partial charge in [-0.05, 0) is 43.5 Å². The van der Waals surface area contributed by atoms with Gasteiger partial charge in [0.2, 0.25) is 5.67 Å². The quantitative estimate of drug-likeness (QED) is 0.650. The molecule has 31 heavy (non-hydrogen) atoms. The molecule has 1 fully saturated rings. The van der Waals surface area contributed by atoms with Gasteiger partial charge in [0.25, 0.3) is 5.91 Å². The molecule has 2 heterocycles. The molecular weight excluding hydrogens is 428 g/mol. The van der Waals surface area contributed by atoms with E-state index in [2.05, 4.69) is 10.3 Å². The number of alkyl halides is 1. The van der Waals surface area contributed by atoms with Crippen LogP contribution in [0, 0.1) is 5.82 Å². The summed E-state index contributed by atoms with van der Waals surface area (Å²) in [5.41, 5.74) is -3.98. The van der Waals surface area contributed by atoms with Crippen molar-refractivity contribution in [3.05, 3.63) is 64.2 Å². The van der Waals surface area contributed by atoms with Gasteiger partial charge in [-0.15, -0.1) is 0 Å². The first kappa shape index (κ1) is 22.1. The number of amides is 1. The Hall–Kier alpha value is -2.13. The Morgan fingerprint density at radius 3 is 2.71 bits per heavy atom. The fourth-order valence-electron chi connectivity index (χ4n) is 4.50. The average molecular weight is 452 g/mol. The number of halogens is 3. The number of benzene rings is 1. The van der Waals surface area contributed by atoms with Crippen LogP contribution in [-0.4, -0.2) is 51.2 Å². The molecule has 2 aliphatic rings. The summed E-state index contributed by atoms with van der Waals surface area (Å²) in [4.78, 5) is 19.0. The Labute approximate surface area is 183 Å². The van der Waals surface area contributed by atoms with Crippen LogP contribution in [0.4, 0.5) is 8.78 Å². The van der Waals surface area contributed by atoms with E-state index in [9.17, 15) is 19.4 Å². The molecule has 1 aliphatic carbocycles. The summed E-state index contributed by atoms with van der Waals surface area (Å²) in [6, 6.07) is 6.76. The monoisotopic (exact) mass is 451 g/mol. The van der Waals surface area contributed by atoms with Crippen molar-refractivity contribution in [1.82, 2.24) is 15.2 Å². The first-order valence-corrected chi connectivity index (χ1v) is 10.4. The number of β-amino-alcohol motifs (C(OH)–C–C–N with tert-alkyl or cyclic N) is 2. The van der Waals surface area contributed by atoms with Gasteiger partial charge in [-0.25, -0.2) is 8.78 Å². The summed E-state index contributed by atoms with van der Waals surface area (Å²) in [6.07, 6.45) is 1.23. The van der Waals surface area contributed by atoms with Gasteiger partial charge in [-0.3, -0.25) is 14.7 Å². The summed E-state index contributed by atoms with van der Waals surface area (Å²) in [7, 11) is 0. The van der Waals surface area contributed by atoms with Crippen molar-refractivity contribution in [2.75, 3.05) is 19.6 Å². The van der Waals surface area contributed by atoms with Gasteiger partial charge in [-0.2, -0.15) is 0 Å². The molecule has 0 bridgehead atoms. The smallest absolute Gasteiger partial charge is 0.262 e. The van der Waals surface area contributed by atoms with Gasteiger partial charge in [-0.1, -0.05) is 23.7 Å². The second-order valence-corrected chi connectivity index (χ2v) is 9.20. The number of carbonyl (C=O) groups excluding carboxylic acids is 1. The van der Waals surface area contributed by atoms with Crippen molar-refractivity contribution in [1.29, 1.82) is 0 Å². The van der Waals surface area contributed by atoms with E-state index >= 15 is 4.39 Å². The number of aliphatic hydroxyl groups is 2. The standard InChI is InChI=1S/C22H24ClF2N3O3/c1-20(30)11-28(12-20)13-21(31)6-7-22(25,16-3-2-8-26-18(16)21)19(29)27-10-14-4-5-15(24)9-17(14)23/h2-5,8-9,30-31H,6-7,10-13H2,1H3,(H,27,29). The molecule has 1 aromatic carbocycles. The minimum absolute atomic E-state index is 0.00309. The highest BCUT2D eigenvalue weighted by molar-refractivity contribution is 6.31. The summed E-state index contributed by atoms with van der Waals surface area (Å²) < 4.78 is 29.2. The van der Waals surface area contributed by atoms with Gasteiger partial charge in [0.15, 0.2) is 0 Å². The maximum absolute atomic E-state index is 16.0. The maximum atomic E-state index is 16.0. The number of aromatic nitrogens is 1. The predicted octanol–water partition coefficient (Wildman–Crippen LogP) is 2.40. The molecule has 1 saturated heterocycles. The highest BCUT2D eigenvalue weighted by Gasteiger charge is 2.53. The van der Waals surface area contributed by atoms with Crippen molar-refractivity contribution in [2.24, 2.45) is 0 Å². The van der Waals surface area contributed by atoms with Crippen LogP contribution < -0.4 is 5.32 Å². The first-order chi connectivity index (χ1) is 14.5.